The molecule has 1 aromatic carbocycles. The molecule has 0 aliphatic rings. The van der Waals surface area contributed by atoms with Crippen LogP contribution in [0.15, 0.2) is 12.1 Å². The van der Waals surface area contributed by atoms with Gasteiger partial charge in [0.15, 0.2) is 0 Å². The number of rotatable bonds is 6. The minimum absolute atomic E-state index is 0.361. The van der Waals surface area contributed by atoms with E-state index >= 15 is 0 Å². The number of benzene rings is 1. The van der Waals surface area contributed by atoms with Crippen LogP contribution in [0.3, 0.4) is 0 Å². The van der Waals surface area contributed by atoms with Crippen LogP contribution < -0.4 is 10.5 Å². The monoisotopic (exact) mass is 264 g/mol. The van der Waals surface area contributed by atoms with E-state index in [0.717, 1.165) is 12.2 Å². The van der Waals surface area contributed by atoms with E-state index in [0.29, 0.717) is 18.5 Å². The Kier molecular flexibility index (Phi) is 5.83. The van der Waals surface area contributed by atoms with Crippen LogP contribution in [0, 0.1) is 19.8 Å². The van der Waals surface area contributed by atoms with Crippen LogP contribution in [-0.4, -0.2) is 32.6 Å². The Bertz CT molecular complexity index is 411. The number of hydrogen-bond acceptors (Lipinski definition) is 3. The molecule has 0 saturated heterocycles. The van der Waals surface area contributed by atoms with Gasteiger partial charge in [-0.2, -0.15) is 0 Å². The van der Waals surface area contributed by atoms with Crippen LogP contribution >= 0.6 is 0 Å². The molecule has 0 bridgehead atoms. The summed E-state index contributed by atoms with van der Waals surface area (Å²) in [5.41, 5.74) is 9.85. The summed E-state index contributed by atoms with van der Waals surface area (Å²) in [6.07, 6.45) is 1.09. The molecule has 3 heteroatoms. The van der Waals surface area contributed by atoms with Gasteiger partial charge in [0.05, 0.1) is 7.11 Å². The predicted octanol–water partition coefficient (Wildman–Crippen LogP) is 2.90. The van der Waals surface area contributed by atoms with Crippen molar-refractivity contribution in [2.75, 3.05) is 27.7 Å². The summed E-state index contributed by atoms with van der Waals surface area (Å²) in [5, 5.41) is 0. The molecule has 0 amide bonds. The minimum Gasteiger partial charge on any atom is -0.496 e. The van der Waals surface area contributed by atoms with Gasteiger partial charge < -0.3 is 15.4 Å². The van der Waals surface area contributed by atoms with Crippen molar-refractivity contribution in [2.45, 2.75) is 33.2 Å². The number of ether oxygens (including phenoxy) is 1. The van der Waals surface area contributed by atoms with Crippen LogP contribution in [0.4, 0.5) is 0 Å². The van der Waals surface area contributed by atoms with Crippen molar-refractivity contribution in [3.63, 3.8) is 0 Å². The second-order valence-corrected chi connectivity index (χ2v) is 5.42. The fourth-order valence-electron chi connectivity index (χ4n) is 2.83. The maximum Gasteiger partial charge on any atom is 0.122 e. The van der Waals surface area contributed by atoms with Gasteiger partial charge in [0.1, 0.15) is 5.75 Å². The summed E-state index contributed by atoms with van der Waals surface area (Å²) in [6.45, 7) is 7.21. The normalized spacial score (nSPS) is 14.5. The summed E-state index contributed by atoms with van der Waals surface area (Å²) >= 11 is 0. The molecule has 0 heterocycles. The van der Waals surface area contributed by atoms with Crippen molar-refractivity contribution < 1.29 is 4.74 Å². The van der Waals surface area contributed by atoms with Gasteiger partial charge in [-0.1, -0.05) is 19.4 Å². The number of nitrogens with two attached hydrogens (primary N) is 1. The molecule has 1 aromatic rings. The Morgan fingerprint density at radius 3 is 2.26 bits per heavy atom. The third-order valence-corrected chi connectivity index (χ3v) is 4.15. The van der Waals surface area contributed by atoms with Crippen molar-refractivity contribution in [3.8, 4) is 5.75 Å². The molecule has 0 radical (unpaired) electrons. The highest BCUT2D eigenvalue weighted by Gasteiger charge is 2.25. The van der Waals surface area contributed by atoms with Crippen LogP contribution in [0.1, 0.15) is 36.1 Å². The highest BCUT2D eigenvalue weighted by Crippen LogP contribution is 2.34. The molecule has 2 N–H and O–H groups in total. The molecule has 0 aromatic heterocycles. The van der Waals surface area contributed by atoms with Crippen molar-refractivity contribution in [2.24, 2.45) is 11.7 Å². The van der Waals surface area contributed by atoms with Crippen molar-refractivity contribution >= 4 is 0 Å². The zero-order valence-corrected chi connectivity index (χ0v) is 13.2. The zero-order valence-electron chi connectivity index (χ0n) is 13.2. The number of methoxy groups -OCH3 is 1. The molecule has 3 nitrogen and oxygen atoms in total. The molecule has 1 rings (SSSR count). The van der Waals surface area contributed by atoms with E-state index < -0.39 is 0 Å². The summed E-state index contributed by atoms with van der Waals surface area (Å²) in [4.78, 5) is 2.27. The van der Waals surface area contributed by atoms with Crippen LogP contribution in [0.5, 0.6) is 5.75 Å². The van der Waals surface area contributed by atoms with Gasteiger partial charge in [0.2, 0.25) is 0 Å². The molecule has 19 heavy (non-hydrogen) atoms. The van der Waals surface area contributed by atoms with E-state index in [1.807, 2.05) is 0 Å². The van der Waals surface area contributed by atoms with E-state index in [4.69, 9.17) is 10.5 Å². The third kappa shape index (κ3) is 3.28. The fraction of sp³-hybridized carbons (Fsp3) is 0.625. The summed E-state index contributed by atoms with van der Waals surface area (Å²) in [5.74, 6) is 1.43. The summed E-state index contributed by atoms with van der Waals surface area (Å²) < 4.78 is 5.40. The lowest BCUT2D eigenvalue weighted by Gasteiger charge is -2.33. The Labute approximate surface area is 117 Å². The van der Waals surface area contributed by atoms with Crippen LogP contribution in [0.2, 0.25) is 0 Å². The molecule has 0 aliphatic heterocycles. The Hall–Kier alpha value is -1.06. The molecule has 0 saturated carbocycles. The lowest BCUT2D eigenvalue weighted by Crippen LogP contribution is -2.32. The minimum atomic E-state index is 0.361. The fourth-order valence-corrected chi connectivity index (χ4v) is 2.83. The van der Waals surface area contributed by atoms with Crippen molar-refractivity contribution in [3.05, 3.63) is 28.8 Å². The van der Waals surface area contributed by atoms with Crippen LogP contribution in [0.25, 0.3) is 0 Å². The number of hydrogen-bond donors (Lipinski definition) is 1. The van der Waals surface area contributed by atoms with Crippen molar-refractivity contribution in [1.82, 2.24) is 4.90 Å². The predicted molar refractivity (Wildman–Crippen MR) is 81.7 cm³/mol. The average molecular weight is 264 g/mol. The first-order chi connectivity index (χ1) is 8.97. The van der Waals surface area contributed by atoms with Crippen LogP contribution in [-0.2, 0) is 0 Å². The topological polar surface area (TPSA) is 38.5 Å². The molecular weight excluding hydrogens is 236 g/mol. The van der Waals surface area contributed by atoms with Crippen molar-refractivity contribution in [1.29, 1.82) is 0 Å². The van der Waals surface area contributed by atoms with Gasteiger partial charge in [-0.3, -0.25) is 0 Å². The lowest BCUT2D eigenvalue weighted by molar-refractivity contribution is 0.210. The summed E-state index contributed by atoms with van der Waals surface area (Å²) in [7, 11) is 5.98. The van der Waals surface area contributed by atoms with Gasteiger partial charge in [-0.15, -0.1) is 0 Å². The zero-order chi connectivity index (χ0) is 14.6. The SMILES string of the molecule is CCC(CN)C(c1ccc(OC)c(C)c1C)N(C)C. The van der Waals surface area contributed by atoms with E-state index in [-0.39, 0.29) is 0 Å². The maximum atomic E-state index is 5.95. The van der Waals surface area contributed by atoms with E-state index in [9.17, 15) is 0 Å². The lowest BCUT2D eigenvalue weighted by atomic mass is 9.86. The van der Waals surface area contributed by atoms with E-state index in [1.165, 1.54) is 16.7 Å². The van der Waals surface area contributed by atoms with Gasteiger partial charge >= 0.3 is 0 Å². The highest BCUT2D eigenvalue weighted by molar-refractivity contribution is 5.45. The second-order valence-electron chi connectivity index (χ2n) is 5.42. The first kappa shape index (κ1) is 16.0. The molecular formula is C16H28N2O. The Morgan fingerprint density at radius 1 is 1.21 bits per heavy atom. The Balaban J connectivity index is 3.28. The molecule has 2 unspecified atom stereocenters. The third-order valence-electron chi connectivity index (χ3n) is 4.15. The summed E-state index contributed by atoms with van der Waals surface area (Å²) in [6, 6.07) is 4.61. The molecule has 0 spiro atoms. The smallest absolute Gasteiger partial charge is 0.122 e. The standard InChI is InChI=1S/C16H28N2O/c1-7-13(10-17)16(18(4)5)14-8-9-15(19-6)12(3)11(14)2/h8-9,13,16H,7,10,17H2,1-6H3. The first-order valence-corrected chi connectivity index (χ1v) is 6.98. The maximum absolute atomic E-state index is 5.95. The van der Waals surface area contributed by atoms with Gasteiger partial charge in [-0.25, -0.2) is 0 Å². The molecule has 108 valence electrons. The second kappa shape index (κ2) is 6.92. The first-order valence-electron chi connectivity index (χ1n) is 6.98. The molecule has 0 aliphatic carbocycles. The molecule has 0 fully saturated rings. The van der Waals surface area contributed by atoms with E-state index in [2.05, 4.69) is 51.9 Å². The quantitative estimate of drug-likeness (QED) is 0.858. The Morgan fingerprint density at radius 2 is 1.84 bits per heavy atom. The largest absolute Gasteiger partial charge is 0.496 e. The highest BCUT2D eigenvalue weighted by atomic mass is 16.5. The molecule has 2 atom stereocenters. The van der Waals surface area contributed by atoms with Gasteiger partial charge in [0, 0.05) is 6.04 Å². The number of nitrogens with zero attached hydrogens (tertiary/aromatic N) is 1. The van der Waals surface area contributed by atoms with E-state index in [1.54, 1.807) is 7.11 Å². The average Bonchev–Trinajstić information content (AvgIpc) is 2.39. The van der Waals surface area contributed by atoms with Gasteiger partial charge in [0.25, 0.3) is 0 Å². The van der Waals surface area contributed by atoms with Gasteiger partial charge in [-0.05, 0) is 63.2 Å².